The molecule has 0 atom stereocenters. The van der Waals surface area contributed by atoms with Crippen LogP contribution in [0.5, 0.6) is 0 Å². The Bertz CT molecular complexity index is 1260. The molecule has 10 heteroatoms. The van der Waals surface area contributed by atoms with E-state index in [-0.39, 0.29) is 24.1 Å². The van der Waals surface area contributed by atoms with Gasteiger partial charge < -0.3 is 10.6 Å². The number of hydrogen-bond donors (Lipinski definition) is 2. The van der Waals surface area contributed by atoms with E-state index in [1.807, 2.05) is 66.9 Å². The van der Waals surface area contributed by atoms with Gasteiger partial charge in [0.05, 0.1) is 12.3 Å². The molecule has 33 heavy (non-hydrogen) atoms. The van der Waals surface area contributed by atoms with Crippen LogP contribution in [0.25, 0.3) is 5.69 Å². The maximum Gasteiger partial charge on any atom is 0.251 e. The summed E-state index contributed by atoms with van der Waals surface area (Å²) in [6.45, 7) is 4.18. The van der Waals surface area contributed by atoms with Crippen molar-refractivity contribution in [1.29, 1.82) is 0 Å². The Kier molecular flexibility index (Phi) is 7.16. The van der Waals surface area contributed by atoms with Gasteiger partial charge in [-0.15, -0.1) is 21.5 Å². The first-order chi connectivity index (χ1) is 16.0. The molecule has 0 fully saturated rings. The first kappa shape index (κ1) is 22.7. The first-order valence-corrected chi connectivity index (χ1v) is 12.0. The van der Waals surface area contributed by atoms with E-state index in [2.05, 4.69) is 25.8 Å². The molecule has 0 saturated heterocycles. The normalized spacial score (nSPS) is 10.7. The molecule has 0 aliphatic carbocycles. The molecule has 4 rings (SSSR count). The summed E-state index contributed by atoms with van der Waals surface area (Å²) in [6.07, 6.45) is 1.64. The Balaban J connectivity index is 1.49. The predicted octanol–water partition coefficient (Wildman–Crippen LogP) is 4.00. The Labute approximate surface area is 199 Å². The van der Waals surface area contributed by atoms with Gasteiger partial charge in [-0.25, -0.2) is 4.98 Å². The van der Waals surface area contributed by atoms with E-state index in [1.54, 1.807) is 11.6 Å². The van der Waals surface area contributed by atoms with Crippen molar-refractivity contribution in [3.8, 4) is 5.69 Å². The molecule has 2 amide bonds. The van der Waals surface area contributed by atoms with Crippen LogP contribution in [0.4, 0.5) is 5.13 Å². The van der Waals surface area contributed by atoms with Crippen molar-refractivity contribution in [3.05, 3.63) is 82.6 Å². The molecule has 2 aromatic carbocycles. The first-order valence-electron chi connectivity index (χ1n) is 10.2. The van der Waals surface area contributed by atoms with Crippen molar-refractivity contribution < 1.29 is 9.59 Å². The topological polar surface area (TPSA) is 102 Å². The number of amides is 2. The molecule has 2 aromatic heterocycles. The number of nitrogens with one attached hydrogen (secondary N) is 2. The number of benzene rings is 2. The van der Waals surface area contributed by atoms with Crippen molar-refractivity contribution in [2.75, 3.05) is 11.1 Å². The van der Waals surface area contributed by atoms with Crippen LogP contribution in [0, 0.1) is 13.8 Å². The number of aryl methyl sites for hydroxylation is 2. The summed E-state index contributed by atoms with van der Waals surface area (Å²) in [5.41, 5.74) is 3.64. The number of nitrogens with zero attached hydrogens (tertiary/aromatic N) is 4. The lowest BCUT2D eigenvalue weighted by Crippen LogP contribution is -2.24. The lowest BCUT2D eigenvalue weighted by atomic mass is 10.1. The molecule has 8 nitrogen and oxygen atoms in total. The van der Waals surface area contributed by atoms with Gasteiger partial charge in [0, 0.05) is 22.8 Å². The number of anilines is 1. The van der Waals surface area contributed by atoms with E-state index in [0.717, 1.165) is 16.8 Å². The van der Waals surface area contributed by atoms with Crippen molar-refractivity contribution in [2.45, 2.75) is 25.5 Å². The van der Waals surface area contributed by atoms with Gasteiger partial charge in [-0.05, 0) is 49.2 Å². The van der Waals surface area contributed by atoms with Crippen LogP contribution in [-0.4, -0.2) is 37.3 Å². The number of hydrogen-bond acceptors (Lipinski definition) is 7. The van der Waals surface area contributed by atoms with E-state index < -0.39 is 0 Å². The molecule has 0 radical (unpaired) electrons. The molecule has 2 heterocycles. The highest BCUT2D eigenvalue weighted by atomic mass is 32.2. The van der Waals surface area contributed by atoms with Crippen LogP contribution in [0.15, 0.2) is 65.3 Å². The lowest BCUT2D eigenvalue weighted by molar-refractivity contribution is -0.113. The zero-order chi connectivity index (χ0) is 23.2. The molecule has 0 aliphatic rings. The second kappa shape index (κ2) is 10.4. The Hall–Kier alpha value is -3.50. The monoisotopic (exact) mass is 478 g/mol. The van der Waals surface area contributed by atoms with Gasteiger partial charge >= 0.3 is 0 Å². The van der Waals surface area contributed by atoms with Gasteiger partial charge in [0.15, 0.2) is 16.1 Å². The molecule has 0 saturated carbocycles. The van der Waals surface area contributed by atoms with E-state index in [4.69, 9.17) is 0 Å². The quantitative estimate of drug-likeness (QED) is 0.371. The maximum absolute atomic E-state index is 12.7. The number of rotatable bonds is 8. The zero-order valence-electron chi connectivity index (χ0n) is 18.1. The van der Waals surface area contributed by atoms with Gasteiger partial charge in [0.1, 0.15) is 0 Å². The summed E-state index contributed by atoms with van der Waals surface area (Å²) in [5, 5.41) is 17.1. The fraction of sp³-hybridized carbons (Fsp3) is 0.174. The number of thioether (sulfide) groups is 1. The van der Waals surface area contributed by atoms with Crippen LogP contribution in [-0.2, 0) is 11.3 Å². The van der Waals surface area contributed by atoms with Crippen molar-refractivity contribution in [2.24, 2.45) is 0 Å². The smallest absolute Gasteiger partial charge is 0.251 e. The molecule has 0 spiro atoms. The summed E-state index contributed by atoms with van der Waals surface area (Å²) >= 11 is 2.63. The third-order valence-corrected chi connectivity index (χ3v) is 6.52. The highest BCUT2D eigenvalue weighted by molar-refractivity contribution is 7.99. The van der Waals surface area contributed by atoms with Crippen LogP contribution in [0.1, 0.15) is 27.3 Å². The minimum absolute atomic E-state index is 0.152. The molecule has 4 aromatic rings. The Morgan fingerprint density at radius 1 is 1.06 bits per heavy atom. The molecular weight excluding hydrogens is 456 g/mol. The summed E-state index contributed by atoms with van der Waals surface area (Å²) in [4.78, 5) is 29.0. The number of carbonyl (C=O) groups is 2. The van der Waals surface area contributed by atoms with Gasteiger partial charge in [-0.1, -0.05) is 36.0 Å². The average molecular weight is 479 g/mol. The SMILES string of the molecule is Cc1ccc(C(=O)NCc2nnc(SCC(=O)Nc3nccs3)n2-c2ccccc2)cc1C. The van der Waals surface area contributed by atoms with Gasteiger partial charge in [0.2, 0.25) is 5.91 Å². The number of para-hydroxylation sites is 1. The fourth-order valence-electron chi connectivity index (χ4n) is 3.06. The Morgan fingerprint density at radius 2 is 1.88 bits per heavy atom. The second-order valence-corrected chi connectivity index (χ2v) is 9.06. The summed E-state index contributed by atoms with van der Waals surface area (Å²) in [7, 11) is 0. The van der Waals surface area contributed by atoms with Crippen molar-refractivity contribution in [1.82, 2.24) is 25.1 Å². The number of aromatic nitrogens is 4. The summed E-state index contributed by atoms with van der Waals surface area (Å²) in [5.74, 6) is 0.362. The standard InChI is InChI=1S/C23H22N6O2S2/c1-15-8-9-17(12-16(15)2)21(31)25-13-19-27-28-23(29(19)18-6-4-3-5-7-18)33-14-20(30)26-22-24-10-11-32-22/h3-12H,13-14H2,1-2H3,(H,25,31)(H,24,26,30). The largest absolute Gasteiger partial charge is 0.345 e. The van der Waals surface area contributed by atoms with E-state index in [0.29, 0.717) is 21.7 Å². The van der Waals surface area contributed by atoms with Crippen LogP contribution in [0.2, 0.25) is 0 Å². The molecule has 168 valence electrons. The molecular formula is C23H22N6O2S2. The molecule has 0 unspecified atom stereocenters. The minimum Gasteiger partial charge on any atom is -0.345 e. The molecule has 0 aliphatic heterocycles. The predicted molar refractivity (Wildman–Crippen MR) is 130 cm³/mol. The summed E-state index contributed by atoms with van der Waals surface area (Å²) < 4.78 is 1.85. The highest BCUT2D eigenvalue weighted by Crippen LogP contribution is 2.23. The van der Waals surface area contributed by atoms with E-state index >= 15 is 0 Å². The lowest BCUT2D eigenvalue weighted by Gasteiger charge is -2.11. The fourth-order valence-corrected chi connectivity index (χ4v) is 4.38. The van der Waals surface area contributed by atoms with Crippen LogP contribution in [0.3, 0.4) is 0 Å². The third kappa shape index (κ3) is 5.65. The number of carbonyl (C=O) groups excluding carboxylic acids is 2. The maximum atomic E-state index is 12.7. The van der Waals surface area contributed by atoms with Gasteiger partial charge in [0.25, 0.3) is 5.91 Å². The van der Waals surface area contributed by atoms with Crippen molar-refractivity contribution in [3.63, 3.8) is 0 Å². The van der Waals surface area contributed by atoms with E-state index in [1.165, 1.54) is 23.1 Å². The average Bonchev–Trinajstić information content (AvgIpc) is 3.48. The van der Waals surface area contributed by atoms with Gasteiger partial charge in [-0.2, -0.15) is 0 Å². The third-order valence-electron chi connectivity index (χ3n) is 4.90. The minimum atomic E-state index is -0.183. The van der Waals surface area contributed by atoms with E-state index in [9.17, 15) is 9.59 Å². The van der Waals surface area contributed by atoms with Crippen LogP contribution < -0.4 is 10.6 Å². The van der Waals surface area contributed by atoms with Crippen LogP contribution >= 0.6 is 23.1 Å². The number of thiazole rings is 1. The highest BCUT2D eigenvalue weighted by Gasteiger charge is 2.17. The zero-order valence-corrected chi connectivity index (χ0v) is 19.7. The van der Waals surface area contributed by atoms with Gasteiger partial charge in [-0.3, -0.25) is 14.2 Å². The Morgan fingerprint density at radius 3 is 2.61 bits per heavy atom. The second-order valence-electron chi connectivity index (χ2n) is 7.23. The summed E-state index contributed by atoms with van der Waals surface area (Å²) in [6, 6.07) is 15.2. The molecule has 2 N–H and O–H groups in total. The molecule has 0 bridgehead atoms. The van der Waals surface area contributed by atoms with Crippen molar-refractivity contribution >= 4 is 40.0 Å².